The largest absolute Gasteiger partial charge is 0.463 e. The number of hydrogen-bond acceptors (Lipinski definition) is 4. The zero-order valence-corrected chi connectivity index (χ0v) is 16.2. The maximum Gasteiger partial charge on any atom is 0.336 e. The summed E-state index contributed by atoms with van der Waals surface area (Å²) in [5.41, 5.74) is 2.50. The molecule has 0 unspecified atom stereocenters. The smallest absolute Gasteiger partial charge is 0.336 e. The summed E-state index contributed by atoms with van der Waals surface area (Å²) in [6.45, 7) is 2.25. The van der Waals surface area contributed by atoms with E-state index in [-0.39, 0.29) is 17.7 Å². The Kier molecular flexibility index (Phi) is 5.52. The van der Waals surface area contributed by atoms with E-state index in [2.05, 4.69) is 15.4 Å². The number of rotatable bonds is 6. The molecule has 0 aliphatic carbocycles. The minimum Gasteiger partial charge on any atom is -0.463 e. The first-order chi connectivity index (χ1) is 14.6. The van der Waals surface area contributed by atoms with Gasteiger partial charge in [0.2, 0.25) is 0 Å². The minimum atomic E-state index is -0.362. The highest BCUT2D eigenvalue weighted by Gasteiger charge is 2.15. The number of halogens is 1. The Morgan fingerprint density at radius 3 is 2.50 bits per heavy atom. The van der Waals surface area contributed by atoms with Gasteiger partial charge in [0.1, 0.15) is 5.82 Å². The number of benzene rings is 3. The van der Waals surface area contributed by atoms with Crippen molar-refractivity contribution < 1.29 is 13.9 Å². The van der Waals surface area contributed by atoms with Crippen LogP contribution < -0.4 is 10.1 Å². The maximum atomic E-state index is 13.7. The van der Waals surface area contributed by atoms with Crippen LogP contribution in [0.3, 0.4) is 0 Å². The molecule has 150 valence electrons. The van der Waals surface area contributed by atoms with Crippen LogP contribution in [0.4, 0.5) is 10.1 Å². The summed E-state index contributed by atoms with van der Waals surface area (Å²) >= 11 is 0. The maximum absolute atomic E-state index is 13.7. The van der Waals surface area contributed by atoms with Gasteiger partial charge in [-0.2, -0.15) is 4.98 Å². The fraction of sp³-hybridized carbons (Fsp3) is 0.0870. The Balaban J connectivity index is 1.63. The van der Waals surface area contributed by atoms with Gasteiger partial charge >= 0.3 is 6.01 Å². The topological polar surface area (TPSA) is 69.0 Å². The van der Waals surface area contributed by atoms with Crippen LogP contribution in [-0.2, 0) is 0 Å². The fourth-order valence-corrected chi connectivity index (χ4v) is 2.96. The third kappa shape index (κ3) is 4.20. The van der Waals surface area contributed by atoms with Crippen LogP contribution in [0.5, 0.6) is 6.01 Å². The molecule has 0 bridgehead atoms. The molecular formula is C23H19FN4O2. The first-order valence-corrected chi connectivity index (χ1v) is 9.46. The van der Waals surface area contributed by atoms with Crippen LogP contribution in [0, 0.1) is 5.82 Å². The predicted molar refractivity (Wildman–Crippen MR) is 112 cm³/mol. The van der Waals surface area contributed by atoms with Gasteiger partial charge in [-0.1, -0.05) is 30.3 Å². The molecule has 0 saturated heterocycles. The van der Waals surface area contributed by atoms with Crippen LogP contribution in [0.2, 0.25) is 0 Å². The van der Waals surface area contributed by atoms with Gasteiger partial charge in [-0.25, -0.2) is 9.07 Å². The molecule has 0 saturated carbocycles. The number of carbonyl (C=O) groups is 1. The molecule has 0 fully saturated rings. The second kappa shape index (κ2) is 8.57. The van der Waals surface area contributed by atoms with Crippen LogP contribution in [-0.4, -0.2) is 27.3 Å². The molecule has 3 aromatic carbocycles. The number of ether oxygens (including phenoxy) is 1. The summed E-state index contributed by atoms with van der Waals surface area (Å²) in [5.74, 6) is -0.0961. The van der Waals surface area contributed by atoms with Gasteiger partial charge in [-0.15, -0.1) is 5.10 Å². The van der Waals surface area contributed by atoms with Crippen molar-refractivity contribution in [1.82, 2.24) is 14.8 Å². The number of nitrogens with zero attached hydrogens (tertiary/aromatic N) is 3. The Bertz CT molecular complexity index is 1160. The monoisotopic (exact) mass is 402 g/mol. The first-order valence-electron chi connectivity index (χ1n) is 9.46. The summed E-state index contributed by atoms with van der Waals surface area (Å²) in [5, 5.41) is 7.25. The minimum absolute atomic E-state index is 0.191. The molecular weight excluding hydrogens is 383 g/mol. The van der Waals surface area contributed by atoms with Crippen molar-refractivity contribution in [3.63, 3.8) is 0 Å². The van der Waals surface area contributed by atoms with Crippen molar-refractivity contribution in [2.75, 3.05) is 11.9 Å². The summed E-state index contributed by atoms with van der Waals surface area (Å²) in [4.78, 5) is 16.7. The van der Waals surface area contributed by atoms with Crippen LogP contribution in [0.15, 0.2) is 78.9 Å². The molecule has 1 amide bonds. The number of aromatic nitrogens is 3. The molecule has 1 aromatic heterocycles. The third-order valence-electron chi connectivity index (χ3n) is 4.35. The number of anilines is 1. The van der Waals surface area contributed by atoms with E-state index >= 15 is 0 Å². The Morgan fingerprint density at radius 1 is 1.03 bits per heavy atom. The zero-order chi connectivity index (χ0) is 20.9. The van der Waals surface area contributed by atoms with Gasteiger partial charge in [0.15, 0.2) is 5.82 Å². The third-order valence-corrected chi connectivity index (χ3v) is 4.35. The molecule has 4 aromatic rings. The highest BCUT2D eigenvalue weighted by molar-refractivity contribution is 6.04. The van der Waals surface area contributed by atoms with Crippen LogP contribution >= 0.6 is 0 Å². The lowest BCUT2D eigenvalue weighted by molar-refractivity contribution is 0.102. The highest BCUT2D eigenvalue weighted by Crippen LogP contribution is 2.25. The summed E-state index contributed by atoms with van der Waals surface area (Å²) < 4.78 is 20.7. The lowest BCUT2D eigenvalue weighted by Crippen LogP contribution is -2.11. The van der Waals surface area contributed by atoms with Crippen LogP contribution in [0.25, 0.3) is 17.1 Å². The second-order valence-corrected chi connectivity index (χ2v) is 6.44. The molecule has 6 nitrogen and oxygen atoms in total. The van der Waals surface area contributed by atoms with E-state index in [0.717, 1.165) is 0 Å². The standard InChI is InChI=1S/C23H19FN4O2/c1-2-30-23-26-21(17-9-6-10-18(24)15-17)28(27-23)20-13-11-19(12-14-20)25-22(29)16-7-4-3-5-8-16/h3-15H,2H2,1H3,(H,25,29). The number of nitrogens with one attached hydrogen (secondary N) is 1. The van der Waals surface area contributed by atoms with Crippen molar-refractivity contribution in [2.24, 2.45) is 0 Å². The lowest BCUT2D eigenvalue weighted by atomic mass is 10.2. The van der Waals surface area contributed by atoms with Crippen molar-refractivity contribution in [2.45, 2.75) is 6.92 Å². The number of carbonyl (C=O) groups excluding carboxylic acids is 1. The van der Waals surface area contributed by atoms with Crippen LogP contribution in [0.1, 0.15) is 17.3 Å². The average Bonchev–Trinajstić information content (AvgIpc) is 3.19. The molecule has 0 atom stereocenters. The SMILES string of the molecule is CCOc1nc(-c2cccc(F)c2)n(-c2ccc(NC(=O)c3ccccc3)cc2)n1. The number of amides is 1. The molecule has 0 aliphatic heterocycles. The van der Waals surface area contributed by atoms with Crippen molar-refractivity contribution >= 4 is 11.6 Å². The van der Waals surface area contributed by atoms with Gasteiger partial charge in [0, 0.05) is 16.8 Å². The lowest BCUT2D eigenvalue weighted by Gasteiger charge is -2.08. The van der Waals surface area contributed by atoms with E-state index in [9.17, 15) is 9.18 Å². The van der Waals surface area contributed by atoms with Gasteiger partial charge in [-0.05, 0) is 55.5 Å². The van der Waals surface area contributed by atoms with Gasteiger partial charge in [0.05, 0.1) is 12.3 Å². The van der Waals surface area contributed by atoms with E-state index in [1.54, 1.807) is 53.2 Å². The summed E-state index contributed by atoms with van der Waals surface area (Å²) in [7, 11) is 0. The summed E-state index contributed by atoms with van der Waals surface area (Å²) in [6.07, 6.45) is 0. The zero-order valence-electron chi connectivity index (χ0n) is 16.2. The molecule has 7 heteroatoms. The Morgan fingerprint density at radius 2 is 1.80 bits per heavy atom. The van der Waals surface area contributed by atoms with Gasteiger partial charge in [0.25, 0.3) is 5.91 Å². The quantitative estimate of drug-likeness (QED) is 0.506. The molecule has 1 heterocycles. The molecule has 0 aliphatic rings. The molecule has 30 heavy (non-hydrogen) atoms. The second-order valence-electron chi connectivity index (χ2n) is 6.44. The van der Waals surface area contributed by atoms with Gasteiger partial charge < -0.3 is 10.1 Å². The molecule has 0 spiro atoms. The Hall–Kier alpha value is -4.00. The number of hydrogen-bond donors (Lipinski definition) is 1. The normalized spacial score (nSPS) is 10.6. The van der Waals surface area contributed by atoms with Crippen molar-refractivity contribution in [3.8, 4) is 23.1 Å². The van der Waals surface area contributed by atoms with E-state index < -0.39 is 0 Å². The summed E-state index contributed by atoms with van der Waals surface area (Å²) in [6, 6.07) is 22.5. The van der Waals surface area contributed by atoms with E-state index in [1.807, 2.05) is 25.1 Å². The molecule has 1 N–H and O–H groups in total. The van der Waals surface area contributed by atoms with Crippen molar-refractivity contribution in [1.29, 1.82) is 0 Å². The Labute approximate surface area is 173 Å². The van der Waals surface area contributed by atoms with E-state index in [4.69, 9.17) is 4.74 Å². The van der Waals surface area contributed by atoms with Crippen molar-refractivity contribution in [3.05, 3.63) is 90.2 Å². The van der Waals surface area contributed by atoms with Gasteiger partial charge in [-0.3, -0.25) is 4.79 Å². The highest BCUT2D eigenvalue weighted by atomic mass is 19.1. The molecule has 4 rings (SSSR count). The predicted octanol–water partition coefficient (Wildman–Crippen LogP) is 4.72. The first kappa shape index (κ1) is 19.3. The van der Waals surface area contributed by atoms with E-state index in [0.29, 0.717) is 34.9 Å². The van der Waals surface area contributed by atoms with E-state index in [1.165, 1.54) is 12.1 Å². The fourth-order valence-electron chi connectivity index (χ4n) is 2.96. The average molecular weight is 402 g/mol. The molecule has 0 radical (unpaired) electrons.